The number of hydrogen-bond acceptors (Lipinski definition) is 4. The van der Waals surface area contributed by atoms with E-state index in [9.17, 15) is 19.2 Å². The summed E-state index contributed by atoms with van der Waals surface area (Å²) in [7, 11) is 0. The standard InChI is InChI=1S/C12H19N3O6/c1-6-2-3-7(10(13)18)5-15(6)12(21)14-8(11(19)20)4-9(16)17/h6-8H,2-5H2,1H3,(H2,13,18)(H,14,21)(H,16,17)(H,19,20)/t6?,7?,8-/m0/s1. The molecular weight excluding hydrogens is 282 g/mol. The fourth-order valence-electron chi connectivity index (χ4n) is 2.23. The van der Waals surface area contributed by atoms with Crippen molar-refractivity contribution in [2.75, 3.05) is 6.54 Å². The van der Waals surface area contributed by atoms with Crippen molar-refractivity contribution < 1.29 is 29.4 Å². The van der Waals surface area contributed by atoms with Gasteiger partial charge in [-0.1, -0.05) is 0 Å². The Labute approximate surface area is 121 Å². The van der Waals surface area contributed by atoms with E-state index in [4.69, 9.17) is 15.9 Å². The number of amides is 3. The molecule has 1 heterocycles. The van der Waals surface area contributed by atoms with Gasteiger partial charge in [-0.3, -0.25) is 9.59 Å². The Bertz CT molecular complexity index is 452. The molecule has 0 aromatic rings. The maximum Gasteiger partial charge on any atom is 0.326 e. The predicted molar refractivity (Wildman–Crippen MR) is 70.3 cm³/mol. The maximum absolute atomic E-state index is 12.1. The number of aliphatic carboxylic acids is 2. The minimum Gasteiger partial charge on any atom is -0.481 e. The first-order valence-corrected chi connectivity index (χ1v) is 6.53. The van der Waals surface area contributed by atoms with E-state index < -0.39 is 42.3 Å². The van der Waals surface area contributed by atoms with Crippen LogP contribution in [-0.4, -0.2) is 57.6 Å². The fourth-order valence-corrected chi connectivity index (χ4v) is 2.23. The van der Waals surface area contributed by atoms with Crippen molar-refractivity contribution in [1.29, 1.82) is 0 Å². The number of hydrogen-bond donors (Lipinski definition) is 4. The van der Waals surface area contributed by atoms with Crippen molar-refractivity contribution in [3.05, 3.63) is 0 Å². The highest BCUT2D eigenvalue weighted by atomic mass is 16.4. The molecule has 0 aromatic heterocycles. The zero-order valence-electron chi connectivity index (χ0n) is 11.6. The molecule has 0 aliphatic carbocycles. The number of likely N-dealkylation sites (tertiary alicyclic amines) is 1. The number of piperidine rings is 1. The van der Waals surface area contributed by atoms with E-state index in [2.05, 4.69) is 5.32 Å². The molecule has 0 bridgehead atoms. The number of urea groups is 1. The Morgan fingerprint density at radius 3 is 2.38 bits per heavy atom. The van der Waals surface area contributed by atoms with Crippen LogP contribution in [0.1, 0.15) is 26.2 Å². The third-order valence-corrected chi connectivity index (χ3v) is 3.52. The lowest BCUT2D eigenvalue weighted by Crippen LogP contribution is -2.55. The van der Waals surface area contributed by atoms with E-state index in [1.807, 2.05) is 0 Å². The van der Waals surface area contributed by atoms with Gasteiger partial charge in [-0.25, -0.2) is 9.59 Å². The monoisotopic (exact) mass is 301 g/mol. The molecule has 9 heteroatoms. The van der Waals surface area contributed by atoms with Gasteiger partial charge in [0.25, 0.3) is 0 Å². The molecule has 3 atom stereocenters. The van der Waals surface area contributed by atoms with Gasteiger partial charge in [0.15, 0.2) is 0 Å². The highest BCUT2D eigenvalue weighted by Crippen LogP contribution is 2.21. The van der Waals surface area contributed by atoms with E-state index in [-0.39, 0.29) is 12.6 Å². The molecule has 1 fully saturated rings. The maximum atomic E-state index is 12.1. The van der Waals surface area contributed by atoms with Crippen LogP contribution in [0.25, 0.3) is 0 Å². The Morgan fingerprint density at radius 2 is 1.90 bits per heavy atom. The van der Waals surface area contributed by atoms with Crippen LogP contribution < -0.4 is 11.1 Å². The lowest BCUT2D eigenvalue weighted by atomic mass is 9.93. The molecule has 0 saturated carbocycles. The summed E-state index contributed by atoms with van der Waals surface area (Å²) in [5.74, 6) is -3.75. The van der Waals surface area contributed by atoms with Crippen LogP contribution in [0.5, 0.6) is 0 Å². The molecular formula is C12H19N3O6. The number of carbonyl (C=O) groups is 4. The highest BCUT2D eigenvalue weighted by Gasteiger charge is 2.33. The van der Waals surface area contributed by atoms with E-state index in [0.29, 0.717) is 12.8 Å². The number of rotatable bonds is 5. The lowest BCUT2D eigenvalue weighted by Gasteiger charge is -2.37. The number of nitrogens with two attached hydrogens (primary N) is 1. The molecule has 0 spiro atoms. The first-order chi connectivity index (χ1) is 9.72. The van der Waals surface area contributed by atoms with Gasteiger partial charge in [-0.05, 0) is 19.8 Å². The summed E-state index contributed by atoms with van der Waals surface area (Å²) in [6.45, 7) is 1.87. The van der Waals surface area contributed by atoms with Crippen molar-refractivity contribution in [1.82, 2.24) is 10.2 Å². The van der Waals surface area contributed by atoms with Gasteiger partial charge < -0.3 is 26.2 Å². The second kappa shape index (κ2) is 6.91. The van der Waals surface area contributed by atoms with Gasteiger partial charge in [0.05, 0.1) is 12.3 Å². The van der Waals surface area contributed by atoms with E-state index in [0.717, 1.165) is 0 Å². The predicted octanol–water partition coefficient (Wildman–Crippen LogP) is -0.790. The normalized spacial score (nSPS) is 23.2. The second-order valence-electron chi connectivity index (χ2n) is 5.12. The van der Waals surface area contributed by atoms with Crippen molar-refractivity contribution in [2.45, 2.75) is 38.3 Å². The molecule has 3 amide bonds. The second-order valence-corrected chi connectivity index (χ2v) is 5.12. The van der Waals surface area contributed by atoms with E-state index >= 15 is 0 Å². The third kappa shape index (κ3) is 4.62. The van der Waals surface area contributed by atoms with Crippen molar-refractivity contribution in [2.24, 2.45) is 11.7 Å². The van der Waals surface area contributed by atoms with E-state index in [1.165, 1.54) is 4.90 Å². The van der Waals surface area contributed by atoms with Crippen LogP contribution in [0.15, 0.2) is 0 Å². The average molecular weight is 301 g/mol. The molecule has 21 heavy (non-hydrogen) atoms. The summed E-state index contributed by atoms with van der Waals surface area (Å²) in [5, 5.41) is 19.7. The smallest absolute Gasteiger partial charge is 0.326 e. The molecule has 2 unspecified atom stereocenters. The quantitative estimate of drug-likeness (QED) is 0.522. The minimum atomic E-state index is -1.52. The van der Waals surface area contributed by atoms with Crippen LogP contribution in [0.3, 0.4) is 0 Å². The van der Waals surface area contributed by atoms with E-state index in [1.54, 1.807) is 6.92 Å². The Balaban J connectivity index is 2.73. The molecule has 118 valence electrons. The van der Waals surface area contributed by atoms with Crippen molar-refractivity contribution >= 4 is 23.9 Å². The largest absolute Gasteiger partial charge is 0.481 e. The van der Waals surface area contributed by atoms with Crippen LogP contribution in [0.2, 0.25) is 0 Å². The number of nitrogens with one attached hydrogen (secondary N) is 1. The average Bonchev–Trinajstić information content (AvgIpc) is 2.37. The molecule has 5 N–H and O–H groups in total. The van der Waals surface area contributed by atoms with Gasteiger partial charge in [-0.15, -0.1) is 0 Å². The fraction of sp³-hybridized carbons (Fsp3) is 0.667. The molecule has 9 nitrogen and oxygen atoms in total. The highest BCUT2D eigenvalue weighted by molar-refractivity contribution is 5.86. The Morgan fingerprint density at radius 1 is 1.29 bits per heavy atom. The Hall–Kier alpha value is -2.32. The first kappa shape index (κ1) is 16.7. The molecule has 1 rings (SSSR count). The number of carbonyl (C=O) groups excluding carboxylic acids is 2. The van der Waals surface area contributed by atoms with Crippen LogP contribution >= 0.6 is 0 Å². The van der Waals surface area contributed by atoms with Crippen LogP contribution in [-0.2, 0) is 14.4 Å². The van der Waals surface area contributed by atoms with Gasteiger partial charge in [-0.2, -0.15) is 0 Å². The molecule has 1 aliphatic rings. The van der Waals surface area contributed by atoms with Gasteiger partial charge in [0, 0.05) is 12.6 Å². The van der Waals surface area contributed by atoms with Gasteiger partial charge >= 0.3 is 18.0 Å². The summed E-state index contributed by atoms with van der Waals surface area (Å²) in [6, 6.07) is -2.40. The molecule has 0 radical (unpaired) electrons. The summed E-state index contributed by atoms with van der Waals surface area (Å²) in [4.78, 5) is 46.1. The van der Waals surface area contributed by atoms with Crippen molar-refractivity contribution in [3.63, 3.8) is 0 Å². The van der Waals surface area contributed by atoms with Crippen LogP contribution in [0.4, 0.5) is 4.79 Å². The minimum absolute atomic E-state index is 0.0990. The summed E-state index contributed by atoms with van der Waals surface area (Å²) < 4.78 is 0. The SMILES string of the molecule is CC1CCC(C(N)=O)CN1C(=O)N[C@@H](CC(=O)O)C(=O)O. The first-order valence-electron chi connectivity index (χ1n) is 6.53. The Kier molecular flexibility index (Phi) is 5.51. The summed E-state index contributed by atoms with van der Waals surface area (Å²) in [6.07, 6.45) is 0.415. The topological polar surface area (TPSA) is 150 Å². The zero-order valence-corrected chi connectivity index (χ0v) is 11.6. The number of primary amides is 1. The van der Waals surface area contributed by atoms with Crippen LogP contribution in [0, 0.1) is 5.92 Å². The lowest BCUT2D eigenvalue weighted by molar-refractivity contribution is -0.145. The number of carboxylic acid groups (broad SMARTS) is 2. The summed E-state index contributed by atoms with van der Waals surface area (Å²) >= 11 is 0. The zero-order chi connectivity index (χ0) is 16.2. The van der Waals surface area contributed by atoms with Gasteiger partial charge in [0.1, 0.15) is 6.04 Å². The molecule has 0 aromatic carbocycles. The molecule has 1 aliphatic heterocycles. The number of nitrogens with zero attached hydrogens (tertiary/aromatic N) is 1. The number of carboxylic acids is 2. The van der Waals surface area contributed by atoms with Crippen molar-refractivity contribution in [3.8, 4) is 0 Å². The third-order valence-electron chi connectivity index (χ3n) is 3.52. The van der Waals surface area contributed by atoms with Gasteiger partial charge in [0.2, 0.25) is 5.91 Å². The summed E-state index contributed by atoms with van der Waals surface area (Å²) in [5.41, 5.74) is 5.22. The molecule has 1 saturated heterocycles.